The van der Waals surface area contributed by atoms with Gasteiger partial charge in [0.2, 0.25) is 0 Å². The van der Waals surface area contributed by atoms with Crippen molar-refractivity contribution in [3.05, 3.63) is 35.9 Å². The Kier molecular flexibility index (Phi) is 4.72. The Bertz CT molecular complexity index is 448. The summed E-state index contributed by atoms with van der Waals surface area (Å²) < 4.78 is 9.98. The minimum absolute atomic E-state index is 0.299. The zero-order valence-electron chi connectivity index (χ0n) is 11.0. The SMILES string of the molecule is COC(=O)C[C@H](O)[C@@H]1O[C@H](c2ccccc2)[C@@H](O)[C@H]1O. The number of methoxy groups -OCH3 is 1. The molecule has 1 aliphatic rings. The topological polar surface area (TPSA) is 96.2 Å². The first-order valence-corrected chi connectivity index (χ1v) is 6.36. The van der Waals surface area contributed by atoms with Gasteiger partial charge in [0.1, 0.15) is 24.4 Å². The minimum Gasteiger partial charge on any atom is -0.469 e. The molecule has 3 N–H and O–H groups in total. The quantitative estimate of drug-likeness (QED) is 0.660. The van der Waals surface area contributed by atoms with Gasteiger partial charge in [-0.25, -0.2) is 0 Å². The van der Waals surface area contributed by atoms with E-state index in [-0.39, 0.29) is 6.42 Å². The van der Waals surface area contributed by atoms with Crippen molar-refractivity contribution in [1.29, 1.82) is 0 Å². The van der Waals surface area contributed by atoms with Gasteiger partial charge in [0.15, 0.2) is 0 Å². The number of esters is 1. The Balaban J connectivity index is 2.09. The Morgan fingerprint density at radius 2 is 1.95 bits per heavy atom. The van der Waals surface area contributed by atoms with Crippen LogP contribution in [0.2, 0.25) is 0 Å². The van der Waals surface area contributed by atoms with Gasteiger partial charge in [-0.05, 0) is 5.56 Å². The molecule has 110 valence electrons. The molecule has 1 heterocycles. The smallest absolute Gasteiger partial charge is 0.308 e. The second kappa shape index (κ2) is 6.32. The number of hydrogen-bond donors (Lipinski definition) is 3. The van der Waals surface area contributed by atoms with E-state index in [9.17, 15) is 20.1 Å². The summed E-state index contributed by atoms with van der Waals surface area (Å²) in [6, 6.07) is 8.92. The van der Waals surface area contributed by atoms with E-state index in [0.717, 1.165) is 0 Å². The van der Waals surface area contributed by atoms with Crippen LogP contribution in [0.1, 0.15) is 18.1 Å². The van der Waals surface area contributed by atoms with Crippen LogP contribution < -0.4 is 0 Å². The average Bonchev–Trinajstić information content (AvgIpc) is 2.76. The summed E-state index contributed by atoms with van der Waals surface area (Å²) in [7, 11) is 1.21. The second-order valence-electron chi connectivity index (χ2n) is 4.76. The van der Waals surface area contributed by atoms with Crippen LogP contribution in [0.15, 0.2) is 30.3 Å². The molecule has 0 unspecified atom stereocenters. The number of carbonyl (C=O) groups excluding carboxylic acids is 1. The highest BCUT2D eigenvalue weighted by atomic mass is 16.6. The van der Waals surface area contributed by atoms with Crippen LogP contribution in [0.5, 0.6) is 0 Å². The zero-order valence-corrected chi connectivity index (χ0v) is 11.0. The summed E-state index contributed by atoms with van der Waals surface area (Å²) >= 11 is 0. The fourth-order valence-corrected chi connectivity index (χ4v) is 2.31. The van der Waals surface area contributed by atoms with Crippen molar-refractivity contribution < 1.29 is 29.6 Å². The second-order valence-corrected chi connectivity index (χ2v) is 4.76. The van der Waals surface area contributed by atoms with E-state index in [1.54, 1.807) is 24.3 Å². The van der Waals surface area contributed by atoms with Gasteiger partial charge < -0.3 is 24.8 Å². The molecule has 0 saturated carbocycles. The van der Waals surface area contributed by atoms with Crippen molar-refractivity contribution >= 4 is 5.97 Å². The van der Waals surface area contributed by atoms with Crippen LogP contribution in [0.25, 0.3) is 0 Å². The molecule has 1 saturated heterocycles. The minimum atomic E-state index is -1.26. The number of aliphatic hydroxyl groups is 3. The van der Waals surface area contributed by atoms with E-state index < -0.39 is 36.5 Å². The summed E-state index contributed by atoms with van der Waals surface area (Å²) in [5, 5.41) is 29.9. The standard InChI is InChI=1S/C14H18O6/c1-19-10(16)7-9(15)14-12(18)11(17)13(20-14)8-5-3-2-4-6-8/h2-6,9,11-15,17-18H,7H2,1H3/t9-,11-,12+,13+,14-/m0/s1. The maximum atomic E-state index is 11.1. The predicted octanol–water partition coefficient (Wildman–Crippen LogP) is -0.228. The van der Waals surface area contributed by atoms with Crippen LogP contribution in [0.3, 0.4) is 0 Å². The lowest BCUT2D eigenvalue weighted by molar-refractivity contribution is -0.146. The molecule has 0 aromatic heterocycles. The van der Waals surface area contributed by atoms with Crippen molar-refractivity contribution in [2.45, 2.75) is 36.9 Å². The highest BCUT2D eigenvalue weighted by Crippen LogP contribution is 2.35. The highest BCUT2D eigenvalue weighted by molar-refractivity contribution is 5.69. The number of carbonyl (C=O) groups is 1. The third-order valence-electron chi connectivity index (χ3n) is 3.41. The molecular formula is C14H18O6. The molecule has 6 nitrogen and oxygen atoms in total. The van der Waals surface area contributed by atoms with E-state index >= 15 is 0 Å². The fourth-order valence-electron chi connectivity index (χ4n) is 2.31. The molecule has 0 aliphatic carbocycles. The van der Waals surface area contributed by atoms with Gasteiger partial charge in [0.05, 0.1) is 19.6 Å². The van der Waals surface area contributed by atoms with E-state index in [1.165, 1.54) is 7.11 Å². The Hall–Kier alpha value is -1.47. The third kappa shape index (κ3) is 2.99. The van der Waals surface area contributed by atoms with Crippen molar-refractivity contribution in [2.75, 3.05) is 7.11 Å². The Morgan fingerprint density at radius 3 is 2.55 bits per heavy atom. The van der Waals surface area contributed by atoms with Crippen LogP contribution >= 0.6 is 0 Å². The van der Waals surface area contributed by atoms with Crippen molar-refractivity contribution in [2.24, 2.45) is 0 Å². The predicted molar refractivity (Wildman–Crippen MR) is 68.7 cm³/mol. The third-order valence-corrected chi connectivity index (χ3v) is 3.41. The monoisotopic (exact) mass is 282 g/mol. The van der Waals surface area contributed by atoms with E-state index in [1.807, 2.05) is 6.07 Å². The van der Waals surface area contributed by atoms with Crippen molar-refractivity contribution in [1.82, 2.24) is 0 Å². The molecule has 0 amide bonds. The van der Waals surface area contributed by atoms with Gasteiger partial charge in [-0.3, -0.25) is 4.79 Å². The number of ether oxygens (including phenoxy) is 2. The Morgan fingerprint density at radius 1 is 1.30 bits per heavy atom. The number of rotatable bonds is 4. The molecular weight excluding hydrogens is 264 g/mol. The van der Waals surface area contributed by atoms with Crippen molar-refractivity contribution in [3.8, 4) is 0 Å². The summed E-state index contributed by atoms with van der Waals surface area (Å²) in [4.78, 5) is 11.1. The molecule has 1 aromatic rings. The van der Waals surface area contributed by atoms with E-state index in [4.69, 9.17) is 4.74 Å². The van der Waals surface area contributed by atoms with Gasteiger partial charge in [0.25, 0.3) is 0 Å². The van der Waals surface area contributed by atoms with Gasteiger partial charge in [-0.2, -0.15) is 0 Å². The first kappa shape index (κ1) is 14.9. The Labute approximate surface area is 116 Å². The van der Waals surface area contributed by atoms with E-state index in [0.29, 0.717) is 5.56 Å². The number of benzene rings is 1. The van der Waals surface area contributed by atoms with Crippen LogP contribution in [-0.2, 0) is 14.3 Å². The summed E-state index contributed by atoms with van der Waals surface area (Å²) in [5.41, 5.74) is 0.701. The average molecular weight is 282 g/mol. The zero-order chi connectivity index (χ0) is 14.7. The fraction of sp³-hybridized carbons (Fsp3) is 0.500. The molecule has 6 heteroatoms. The van der Waals surface area contributed by atoms with Crippen LogP contribution in [0.4, 0.5) is 0 Å². The normalized spacial score (nSPS) is 31.0. The summed E-state index contributed by atoms with van der Waals surface area (Å²) in [5.74, 6) is -0.606. The molecule has 20 heavy (non-hydrogen) atoms. The molecule has 0 spiro atoms. The van der Waals surface area contributed by atoms with Gasteiger partial charge in [-0.15, -0.1) is 0 Å². The van der Waals surface area contributed by atoms with Crippen LogP contribution in [-0.4, -0.2) is 52.8 Å². The summed E-state index contributed by atoms with van der Waals surface area (Å²) in [6.07, 6.45) is -5.72. The molecule has 1 aromatic carbocycles. The molecule has 0 bridgehead atoms. The van der Waals surface area contributed by atoms with Crippen molar-refractivity contribution in [3.63, 3.8) is 0 Å². The lowest BCUT2D eigenvalue weighted by Crippen LogP contribution is -2.39. The molecule has 1 aliphatic heterocycles. The molecule has 2 rings (SSSR count). The van der Waals surface area contributed by atoms with Gasteiger partial charge >= 0.3 is 5.97 Å². The maximum Gasteiger partial charge on any atom is 0.308 e. The number of hydrogen-bond acceptors (Lipinski definition) is 6. The van der Waals surface area contributed by atoms with Gasteiger partial charge in [0, 0.05) is 0 Å². The van der Waals surface area contributed by atoms with Gasteiger partial charge in [-0.1, -0.05) is 30.3 Å². The lowest BCUT2D eigenvalue weighted by Gasteiger charge is -2.20. The first-order valence-electron chi connectivity index (χ1n) is 6.36. The molecule has 1 fully saturated rings. The molecule has 0 radical (unpaired) electrons. The number of aliphatic hydroxyl groups excluding tert-OH is 3. The summed E-state index contributed by atoms with van der Waals surface area (Å²) in [6.45, 7) is 0. The van der Waals surface area contributed by atoms with Crippen LogP contribution in [0, 0.1) is 0 Å². The van der Waals surface area contributed by atoms with E-state index in [2.05, 4.69) is 4.74 Å². The maximum absolute atomic E-state index is 11.1. The largest absolute Gasteiger partial charge is 0.469 e. The molecule has 5 atom stereocenters. The highest BCUT2D eigenvalue weighted by Gasteiger charge is 2.46. The first-order chi connectivity index (χ1) is 9.54. The lowest BCUT2D eigenvalue weighted by atomic mass is 9.99.